The molecule has 1 heterocycles. The highest BCUT2D eigenvalue weighted by atomic mass is 32.1. The van der Waals surface area contributed by atoms with Crippen LogP contribution >= 0.6 is 11.3 Å². The molecule has 0 radical (unpaired) electrons. The van der Waals surface area contributed by atoms with E-state index in [1.165, 1.54) is 11.3 Å². The Labute approximate surface area is 93.5 Å². The van der Waals surface area contributed by atoms with Crippen LogP contribution in [-0.2, 0) is 11.2 Å². The minimum absolute atomic E-state index is 0.105. The van der Waals surface area contributed by atoms with Gasteiger partial charge >= 0.3 is 0 Å². The molecule has 0 spiro atoms. The molecule has 0 aliphatic carbocycles. The first-order valence-corrected chi connectivity index (χ1v) is 5.78. The molecule has 1 N–H and O–H groups in total. The van der Waals surface area contributed by atoms with Gasteiger partial charge in [0.15, 0.2) is 0 Å². The van der Waals surface area contributed by atoms with Crippen molar-refractivity contribution >= 4 is 23.0 Å². The molecule has 0 aliphatic rings. The molecule has 0 aliphatic heterocycles. The van der Waals surface area contributed by atoms with Crippen molar-refractivity contribution in [2.75, 3.05) is 7.05 Å². The van der Waals surface area contributed by atoms with Crippen molar-refractivity contribution in [2.45, 2.75) is 26.7 Å². The molecule has 0 unspecified atom stereocenters. The SMILES string of the molecule is CCC(=O)Cc1c(C)csc1C(=O)NC. The summed E-state index contributed by atoms with van der Waals surface area (Å²) in [5, 5.41) is 4.51. The summed E-state index contributed by atoms with van der Waals surface area (Å²) in [5.41, 5.74) is 1.91. The number of thiophene rings is 1. The Balaban J connectivity index is 2.99. The van der Waals surface area contributed by atoms with E-state index in [1.807, 2.05) is 19.2 Å². The Morgan fingerprint density at radius 3 is 2.67 bits per heavy atom. The number of Topliss-reactive ketones (excluding diaryl/α,β-unsaturated/α-hetero) is 1. The number of carbonyl (C=O) groups is 2. The lowest BCUT2D eigenvalue weighted by Gasteiger charge is -2.02. The highest BCUT2D eigenvalue weighted by Crippen LogP contribution is 2.23. The molecule has 1 aromatic heterocycles. The summed E-state index contributed by atoms with van der Waals surface area (Å²) in [7, 11) is 1.60. The maximum atomic E-state index is 11.5. The number of nitrogens with one attached hydrogen (secondary N) is 1. The van der Waals surface area contributed by atoms with E-state index >= 15 is 0 Å². The van der Waals surface area contributed by atoms with Gasteiger partial charge in [0.05, 0.1) is 4.88 Å². The molecule has 3 nitrogen and oxygen atoms in total. The number of hydrogen-bond donors (Lipinski definition) is 1. The molecule has 0 saturated carbocycles. The molecule has 82 valence electrons. The Bertz CT molecular complexity index is 382. The van der Waals surface area contributed by atoms with Gasteiger partial charge in [0, 0.05) is 19.9 Å². The zero-order valence-corrected chi connectivity index (χ0v) is 10.0. The zero-order valence-electron chi connectivity index (χ0n) is 9.22. The van der Waals surface area contributed by atoms with E-state index in [-0.39, 0.29) is 11.7 Å². The van der Waals surface area contributed by atoms with Gasteiger partial charge in [-0.05, 0) is 23.4 Å². The number of amides is 1. The van der Waals surface area contributed by atoms with E-state index in [0.717, 1.165) is 11.1 Å². The second kappa shape index (κ2) is 5.07. The van der Waals surface area contributed by atoms with Crippen LogP contribution in [0.25, 0.3) is 0 Å². The van der Waals surface area contributed by atoms with E-state index in [9.17, 15) is 9.59 Å². The monoisotopic (exact) mass is 225 g/mol. The van der Waals surface area contributed by atoms with Gasteiger partial charge in [-0.25, -0.2) is 0 Å². The van der Waals surface area contributed by atoms with E-state index in [0.29, 0.717) is 17.7 Å². The lowest BCUT2D eigenvalue weighted by atomic mass is 10.0. The van der Waals surface area contributed by atoms with Crippen molar-refractivity contribution < 1.29 is 9.59 Å². The average Bonchev–Trinajstić information content (AvgIpc) is 2.59. The molecule has 0 aromatic carbocycles. The van der Waals surface area contributed by atoms with Crippen molar-refractivity contribution in [3.63, 3.8) is 0 Å². The minimum Gasteiger partial charge on any atom is -0.354 e. The highest BCUT2D eigenvalue weighted by molar-refractivity contribution is 7.12. The molecule has 0 fully saturated rings. The quantitative estimate of drug-likeness (QED) is 0.851. The summed E-state index contributed by atoms with van der Waals surface area (Å²) in [6, 6.07) is 0. The normalized spacial score (nSPS) is 10.1. The Kier molecular flexibility index (Phi) is 4.03. The molecular weight excluding hydrogens is 210 g/mol. The van der Waals surface area contributed by atoms with Gasteiger partial charge in [-0.3, -0.25) is 9.59 Å². The first kappa shape index (κ1) is 11.9. The van der Waals surface area contributed by atoms with Crippen LogP contribution in [0.15, 0.2) is 5.38 Å². The second-order valence-electron chi connectivity index (χ2n) is 3.37. The smallest absolute Gasteiger partial charge is 0.261 e. The van der Waals surface area contributed by atoms with Crippen LogP contribution in [-0.4, -0.2) is 18.7 Å². The molecule has 15 heavy (non-hydrogen) atoms. The van der Waals surface area contributed by atoms with Crippen molar-refractivity contribution in [2.24, 2.45) is 0 Å². The van der Waals surface area contributed by atoms with Gasteiger partial charge in [0.25, 0.3) is 5.91 Å². The van der Waals surface area contributed by atoms with Gasteiger partial charge in [-0.2, -0.15) is 0 Å². The molecule has 0 saturated heterocycles. The maximum absolute atomic E-state index is 11.5. The standard InChI is InChI=1S/C11H15NO2S/c1-4-8(13)5-9-7(2)6-15-10(9)11(14)12-3/h6H,4-5H2,1-3H3,(H,12,14). The Morgan fingerprint density at radius 1 is 1.47 bits per heavy atom. The summed E-state index contributed by atoms with van der Waals surface area (Å²) >= 11 is 1.40. The predicted molar refractivity (Wildman–Crippen MR) is 61.4 cm³/mol. The lowest BCUT2D eigenvalue weighted by molar-refractivity contribution is -0.118. The summed E-state index contributed by atoms with van der Waals surface area (Å²) in [5.74, 6) is 0.0636. The first-order chi connectivity index (χ1) is 7.10. The van der Waals surface area contributed by atoms with Crippen LogP contribution in [0.4, 0.5) is 0 Å². The van der Waals surface area contributed by atoms with Crippen LogP contribution in [0.3, 0.4) is 0 Å². The third-order valence-corrected chi connectivity index (χ3v) is 3.44. The predicted octanol–water partition coefficient (Wildman–Crippen LogP) is 1.94. The Morgan fingerprint density at radius 2 is 2.13 bits per heavy atom. The highest BCUT2D eigenvalue weighted by Gasteiger charge is 2.16. The van der Waals surface area contributed by atoms with Crippen molar-refractivity contribution in [3.8, 4) is 0 Å². The third kappa shape index (κ3) is 2.65. The number of ketones is 1. The number of hydrogen-bond acceptors (Lipinski definition) is 3. The maximum Gasteiger partial charge on any atom is 0.261 e. The molecule has 4 heteroatoms. The van der Waals surface area contributed by atoms with E-state index < -0.39 is 0 Å². The molecular formula is C11H15NO2S. The second-order valence-corrected chi connectivity index (χ2v) is 4.25. The summed E-state index contributed by atoms with van der Waals surface area (Å²) in [6.07, 6.45) is 0.886. The van der Waals surface area contributed by atoms with Crippen molar-refractivity contribution in [1.82, 2.24) is 5.32 Å². The lowest BCUT2D eigenvalue weighted by Crippen LogP contribution is -2.18. The first-order valence-electron chi connectivity index (χ1n) is 4.90. The number of carbonyl (C=O) groups excluding carboxylic acids is 2. The minimum atomic E-state index is -0.105. The van der Waals surface area contributed by atoms with Crippen LogP contribution in [0.1, 0.15) is 34.1 Å². The van der Waals surface area contributed by atoms with Gasteiger partial charge in [-0.1, -0.05) is 6.92 Å². The van der Waals surface area contributed by atoms with Crippen LogP contribution in [0.5, 0.6) is 0 Å². The number of aryl methyl sites for hydroxylation is 1. The molecule has 1 aromatic rings. The fourth-order valence-corrected chi connectivity index (χ4v) is 2.34. The van der Waals surface area contributed by atoms with E-state index in [1.54, 1.807) is 7.05 Å². The fraction of sp³-hybridized carbons (Fsp3) is 0.455. The zero-order chi connectivity index (χ0) is 11.4. The largest absolute Gasteiger partial charge is 0.354 e. The summed E-state index contributed by atoms with van der Waals surface area (Å²) < 4.78 is 0. The third-order valence-electron chi connectivity index (χ3n) is 2.31. The summed E-state index contributed by atoms with van der Waals surface area (Å²) in [4.78, 5) is 23.5. The van der Waals surface area contributed by atoms with Gasteiger partial charge < -0.3 is 5.32 Å². The fourth-order valence-electron chi connectivity index (χ4n) is 1.31. The molecule has 0 bridgehead atoms. The summed E-state index contributed by atoms with van der Waals surface area (Å²) in [6.45, 7) is 3.77. The van der Waals surface area contributed by atoms with Crippen LogP contribution in [0.2, 0.25) is 0 Å². The van der Waals surface area contributed by atoms with Crippen molar-refractivity contribution in [1.29, 1.82) is 0 Å². The molecule has 0 atom stereocenters. The Hall–Kier alpha value is -1.16. The van der Waals surface area contributed by atoms with Crippen LogP contribution in [0, 0.1) is 6.92 Å². The molecule has 1 rings (SSSR count). The van der Waals surface area contributed by atoms with Crippen LogP contribution < -0.4 is 5.32 Å². The molecule has 1 amide bonds. The van der Waals surface area contributed by atoms with Gasteiger partial charge in [0.1, 0.15) is 5.78 Å². The van der Waals surface area contributed by atoms with E-state index in [2.05, 4.69) is 5.32 Å². The van der Waals surface area contributed by atoms with Gasteiger partial charge in [0.2, 0.25) is 0 Å². The average molecular weight is 225 g/mol. The van der Waals surface area contributed by atoms with Gasteiger partial charge in [-0.15, -0.1) is 11.3 Å². The number of rotatable bonds is 4. The van der Waals surface area contributed by atoms with Crippen molar-refractivity contribution in [3.05, 3.63) is 21.4 Å². The van der Waals surface area contributed by atoms with E-state index in [4.69, 9.17) is 0 Å². The topological polar surface area (TPSA) is 46.2 Å².